The van der Waals surface area contributed by atoms with Gasteiger partial charge in [-0.1, -0.05) is 23.7 Å². The lowest BCUT2D eigenvalue weighted by molar-refractivity contribution is 0.102. The molecule has 0 aromatic heterocycles. The molecule has 3 aromatic carbocycles. The second kappa shape index (κ2) is 8.23. The average molecular weight is 433 g/mol. The zero-order valence-electron chi connectivity index (χ0n) is 15.7. The summed E-state index contributed by atoms with van der Waals surface area (Å²) >= 11 is 6.12. The summed E-state index contributed by atoms with van der Waals surface area (Å²) in [7, 11) is -3.93. The summed E-state index contributed by atoms with van der Waals surface area (Å²) in [6.45, 7) is 3.49. The van der Waals surface area contributed by atoms with Gasteiger partial charge in [-0.15, -0.1) is 0 Å². The number of sulfonamides is 1. The molecule has 0 bridgehead atoms. The lowest BCUT2D eigenvalue weighted by atomic mass is 10.1. The van der Waals surface area contributed by atoms with Crippen LogP contribution in [0.3, 0.4) is 0 Å². The minimum atomic E-state index is -3.93. The topological polar surface area (TPSA) is 75.3 Å². The van der Waals surface area contributed by atoms with Crippen molar-refractivity contribution in [1.29, 1.82) is 0 Å². The summed E-state index contributed by atoms with van der Waals surface area (Å²) < 4.78 is 41.2. The van der Waals surface area contributed by atoms with Gasteiger partial charge < -0.3 is 5.32 Å². The highest BCUT2D eigenvalue weighted by Crippen LogP contribution is 2.25. The van der Waals surface area contributed by atoms with Gasteiger partial charge in [-0.05, 0) is 73.5 Å². The van der Waals surface area contributed by atoms with Crippen LogP contribution in [0.4, 0.5) is 15.8 Å². The highest BCUT2D eigenvalue weighted by molar-refractivity contribution is 7.92. The average Bonchev–Trinajstić information content (AvgIpc) is 2.63. The number of hydrogen-bond donors (Lipinski definition) is 2. The molecule has 0 radical (unpaired) electrons. The van der Waals surface area contributed by atoms with Gasteiger partial charge in [0.25, 0.3) is 15.9 Å². The molecule has 5 nitrogen and oxygen atoms in total. The Morgan fingerprint density at radius 1 is 1.00 bits per heavy atom. The van der Waals surface area contributed by atoms with Crippen molar-refractivity contribution in [2.75, 3.05) is 10.0 Å². The normalized spacial score (nSPS) is 11.2. The van der Waals surface area contributed by atoms with Gasteiger partial charge in [-0.25, -0.2) is 12.8 Å². The number of amides is 1. The van der Waals surface area contributed by atoms with Gasteiger partial charge in [0.15, 0.2) is 0 Å². The molecule has 0 unspecified atom stereocenters. The van der Waals surface area contributed by atoms with E-state index in [0.717, 1.165) is 5.56 Å². The number of anilines is 2. The third-order valence-electron chi connectivity index (χ3n) is 4.20. The van der Waals surface area contributed by atoms with E-state index in [1.54, 1.807) is 25.1 Å². The van der Waals surface area contributed by atoms with Gasteiger partial charge in [0.1, 0.15) is 5.82 Å². The van der Waals surface area contributed by atoms with Crippen molar-refractivity contribution < 1.29 is 17.6 Å². The van der Waals surface area contributed by atoms with Crippen LogP contribution in [0, 0.1) is 19.7 Å². The van der Waals surface area contributed by atoms with Crippen LogP contribution in [0.5, 0.6) is 0 Å². The Morgan fingerprint density at radius 2 is 1.76 bits per heavy atom. The van der Waals surface area contributed by atoms with Gasteiger partial charge in [-0.2, -0.15) is 0 Å². The first kappa shape index (κ1) is 20.8. The van der Waals surface area contributed by atoms with Gasteiger partial charge in [-0.3, -0.25) is 9.52 Å². The quantitative estimate of drug-likeness (QED) is 0.585. The Bertz CT molecular complexity index is 1200. The molecule has 3 aromatic rings. The van der Waals surface area contributed by atoms with Crippen LogP contribution in [0.1, 0.15) is 21.5 Å². The fourth-order valence-electron chi connectivity index (χ4n) is 2.73. The van der Waals surface area contributed by atoms with E-state index in [1.165, 1.54) is 36.4 Å². The third-order valence-corrected chi connectivity index (χ3v) is 5.91. The Kier molecular flexibility index (Phi) is 5.91. The van der Waals surface area contributed by atoms with Gasteiger partial charge >= 0.3 is 0 Å². The van der Waals surface area contributed by atoms with Crippen molar-refractivity contribution in [2.45, 2.75) is 18.7 Å². The van der Waals surface area contributed by atoms with Crippen molar-refractivity contribution in [1.82, 2.24) is 0 Å². The van der Waals surface area contributed by atoms with Crippen molar-refractivity contribution in [3.8, 4) is 0 Å². The summed E-state index contributed by atoms with van der Waals surface area (Å²) in [4.78, 5) is 12.5. The predicted molar refractivity (Wildman–Crippen MR) is 113 cm³/mol. The van der Waals surface area contributed by atoms with Crippen molar-refractivity contribution in [3.63, 3.8) is 0 Å². The minimum absolute atomic E-state index is 0.0116. The number of carbonyl (C=O) groups is 1. The molecular formula is C21H18ClFN2O3S. The maximum Gasteiger partial charge on any atom is 0.261 e. The highest BCUT2D eigenvalue weighted by Gasteiger charge is 2.19. The van der Waals surface area contributed by atoms with E-state index in [9.17, 15) is 17.6 Å². The molecule has 29 heavy (non-hydrogen) atoms. The van der Waals surface area contributed by atoms with Crippen LogP contribution in [0.2, 0.25) is 5.02 Å². The third kappa shape index (κ3) is 4.93. The standard InChI is InChI=1S/C21H18ClFN2O3S/c1-13-4-3-5-16(10-13)25-29(27,28)17-7-8-19(22)18(12-17)21(26)24-20-9-6-15(23)11-14(20)2/h3-12,25H,1-2H3,(H,24,26). The zero-order chi connectivity index (χ0) is 21.2. The largest absolute Gasteiger partial charge is 0.322 e. The maximum absolute atomic E-state index is 13.3. The van der Waals surface area contributed by atoms with Gasteiger partial charge in [0.2, 0.25) is 0 Å². The summed E-state index contributed by atoms with van der Waals surface area (Å²) in [6.07, 6.45) is 0. The SMILES string of the molecule is Cc1cccc(NS(=O)(=O)c2ccc(Cl)c(C(=O)Nc3ccc(F)cc3C)c2)c1. The Hall–Kier alpha value is -2.90. The summed E-state index contributed by atoms with van der Waals surface area (Å²) in [5.74, 6) is -1.02. The number of carbonyl (C=O) groups excluding carboxylic acids is 1. The molecule has 8 heteroatoms. The summed E-state index contributed by atoms with van der Waals surface area (Å²) in [5.41, 5.74) is 2.23. The fourth-order valence-corrected chi connectivity index (χ4v) is 4.00. The first-order valence-corrected chi connectivity index (χ1v) is 10.5. The number of nitrogens with one attached hydrogen (secondary N) is 2. The van der Waals surface area contributed by atoms with Crippen LogP contribution in [-0.4, -0.2) is 14.3 Å². The molecule has 0 aliphatic heterocycles. The van der Waals surface area contributed by atoms with Crippen LogP contribution in [-0.2, 0) is 10.0 Å². The van der Waals surface area contributed by atoms with E-state index < -0.39 is 21.7 Å². The molecule has 0 aliphatic rings. The van der Waals surface area contributed by atoms with Crippen LogP contribution >= 0.6 is 11.6 Å². The monoisotopic (exact) mass is 432 g/mol. The lowest BCUT2D eigenvalue weighted by Crippen LogP contribution is -2.17. The molecule has 0 fully saturated rings. The van der Waals surface area contributed by atoms with E-state index in [1.807, 2.05) is 13.0 Å². The smallest absolute Gasteiger partial charge is 0.261 e. The molecule has 3 rings (SSSR count). The van der Waals surface area contributed by atoms with Gasteiger partial charge in [0.05, 0.1) is 15.5 Å². The molecule has 0 heterocycles. The van der Waals surface area contributed by atoms with Crippen LogP contribution in [0.25, 0.3) is 0 Å². The molecule has 0 spiro atoms. The number of rotatable bonds is 5. The zero-order valence-corrected chi connectivity index (χ0v) is 17.2. The fraction of sp³-hybridized carbons (Fsp3) is 0.0952. The molecule has 1 amide bonds. The molecule has 2 N–H and O–H groups in total. The second-order valence-electron chi connectivity index (χ2n) is 6.53. The van der Waals surface area contributed by atoms with Crippen LogP contribution < -0.4 is 10.0 Å². The number of benzene rings is 3. The van der Waals surface area contributed by atoms with E-state index in [4.69, 9.17) is 11.6 Å². The van der Waals surface area contributed by atoms with Crippen LogP contribution in [0.15, 0.2) is 65.6 Å². The molecule has 0 atom stereocenters. The first-order chi connectivity index (χ1) is 13.7. The number of aryl methyl sites for hydroxylation is 2. The first-order valence-electron chi connectivity index (χ1n) is 8.62. The van der Waals surface area contributed by atoms with E-state index in [2.05, 4.69) is 10.0 Å². The van der Waals surface area contributed by atoms with Crippen molar-refractivity contribution in [3.05, 3.63) is 88.2 Å². The number of hydrogen-bond acceptors (Lipinski definition) is 3. The number of halogens is 2. The molecule has 0 aliphatic carbocycles. The molecule has 0 saturated carbocycles. The molecule has 0 saturated heterocycles. The van der Waals surface area contributed by atoms with Crippen molar-refractivity contribution in [2.24, 2.45) is 0 Å². The van der Waals surface area contributed by atoms with E-state index in [0.29, 0.717) is 16.9 Å². The van der Waals surface area contributed by atoms with E-state index in [-0.39, 0.29) is 15.5 Å². The van der Waals surface area contributed by atoms with E-state index >= 15 is 0 Å². The summed E-state index contributed by atoms with van der Waals surface area (Å²) in [5, 5.41) is 2.72. The Labute approximate surface area is 173 Å². The van der Waals surface area contributed by atoms with Gasteiger partial charge in [0, 0.05) is 11.4 Å². The second-order valence-corrected chi connectivity index (χ2v) is 8.62. The minimum Gasteiger partial charge on any atom is -0.322 e. The lowest BCUT2D eigenvalue weighted by Gasteiger charge is -2.12. The Morgan fingerprint density at radius 3 is 2.45 bits per heavy atom. The summed E-state index contributed by atoms with van der Waals surface area (Å²) in [6, 6.07) is 14.7. The molecular weight excluding hydrogens is 415 g/mol. The predicted octanol–water partition coefficient (Wildman–Crippen LogP) is 5.15. The Balaban J connectivity index is 1.89. The molecule has 150 valence electrons. The maximum atomic E-state index is 13.3. The highest BCUT2D eigenvalue weighted by atomic mass is 35.5. The van der Waals surface area contributed by atoms with Crippen molar-refractivity contribution >= 4 is 38.9 Å².